The monoisotopic (exact) mass is 448 g/mol. The number of anilines is 2. The SMILES string of the molecule is CCN(CC)c1ccc(NC(=O)CSc2nn(-c3ccc(F)cc3)c(=S)s2)cc1. The molecule has 0 atom stereocenters. The van der Waals surface area contributed by atoms with Gasteiger partial charge in [-0.2, -0.15) is 0 Å². The van der Waals surface area contributed by atoms with Gasteiger partial charge in [0.25, 0.3) is 0 Å². The second-order valence-corrected chi connectivity index (χ2v) is 8.92. The Hall–Kier alpha value is -2.23. The van der Waals surface area contributed by atoms with E-state index in [1.165, 1.54) is 35.2 Å². The van der Waals surface area contributed by atoms with E-state index in [1.807, 2.05) is 24.3 Å². The summed E-state index contributed by atoms with van der Waals surface area (Å²) in [5.74, 6) is -0.198. The van der Waals surface area contributed by atoms with E-state index in [9.17, 15) is 9.18 Å². The first kappa shape index (κ1) is 21.5. The smallest absolute Gasteiger partial charge is 0.234 e. The third-order valence-corrected chi connectivity index (χ3v) is 6.57. The highest BCUT2D eigenvalue weighted by Gasteiger charge is 2.10. The Bertz CT molecular complexity index is 1010. The van der Waals surface area contributed by atoms with Crippen LogP contribution in [0.4, 0.5) is 15.8 Å². The van der Waals surface area contributed by atoms with Gasteiger partial charge in [-0.05, 0) is 74.6 Å². The van der Waals surface area contributed by atoms with Gasteiger partial charge in [-0.15, -0.1) is 5.10 Å². The number of aromatic nitrogens is 2. The van der Waals surface area contributed by atoms with Crippen LogP contribution in [0.25, 0.3) is 5.69 Å². The minimum absolute atomic E-state index is 0.111. The van der Waals surface area contributed by atoms with Gasteiger partial charge in [-0.3, -0.25) is 4.79 Å². The number of amides is 1. The van der Waals surface area contributed by atoms with E-state index in [0.717, 1.165) is 24.5 Å². The van der Waals surface area contributed by atoms with Crippen molar-refractivity contribution in [2.75, 3.05) is 29.1 Å². The Labute approximate surface area is 182 Å². The minimum atomic E-state index is -0.313. The van der Waals surface area contributed by atoms with Crippen LogP contribution in [0.2, 0.25) is 0 Å². The fraction of sp³-hybridized carbons (Fsp3) is 0.250. The number of halogens is 1. The average molecular weight is 449 g/mol. The molecule has 0 bridgehead atoms. The molecule has 1 amide bonds. The molecule has 2 aromatic carbocycles. The summed E-state index contributed by atoms with van der Waals surface area (Å²) in [4.78, 5) is 14.5. The van der Waals surface area contributed by atoms with Crippen LogP contribution in [-0.2, 0) is 4.79 Å². The van der Waals surface area contributed by atoms with Crippen molar-refractivity contribution in [1.82, 2.24) is 9.78 Å². The molecule has 152 valence electrons. The molecule has 0 fully saturated rings. The molecule has 0 aliphatic rings. The highest BCUT2D eigenvalue weighted by atomic mass is 32.2. The van der Waals surface area contributed by atoms with E-state index in [1.54, 1.807) is 16.8 Å². The lowest BCUT2D eigenvalue weighted by atomic mass is 10.2. The molecule has 1 heterocycles. The molecule has 0 saturated heterocycles. The molecule has 9 heteroatoms. The maximum Gasteiger partial charge on any atom is 0.234 e. The number of nitrogens with zero attached hydrogens (tertiary/aromatic N) is 3. The normalized spacial score (nSPS) is 10.7. The van der Waals surface area contributed by atoms with Crippen molar-refractivity contribution in [1.29, 1.82) is 0 Å². The van der Waals surface area contributed by atoms with Crippen molar-refractivity contribution >= 4 is 52.6 Å². The van der Waals surface area contributed by atoms with Crippen molar-refractivity contribution in [2.45, 2.75) is 18.2 Å². The summed E-state index contributed by atoms with van der Waals surface area (Å²) < 4.78 is 15.9. The summed E-state index contributed by atoms with van der Waals surface area (Å²) in [5.41, 5.74) is 2.58. The first-order chi connectivity index (χ1) is 14.0. The van der Waals surface area contributed by atoms with E-state index in [-0.39, 0.29) is 17.5 Å². The largest absolute Gasteiger partial charge is 0.372 e. The molecule has 3 aromatic rings. The van der Waals surface area contributed by atoms with Crippen LogP contribution in [0.15, 0.2) is 52.9 Å². The fourth-order valence-electron chi connectivity index (χ4n) is 2.73. The van der Waals surface area contributed by atoms with Crippen molar-refractivity contribution in [3.05, 3.63) is 58.3 Å². The van der Waals surface area contributed by atoms with E-state index in [4.69, 9.17) is 12.2 Å². The molecule has 0 radical (unpaired) electrons. The number of thioether (sulfide) groups is 1. The van der Waals surface area contributed by atoms with Crippen LogP contribution >= 0.6 is 35.3 Å². The molecule has 3 rings (SSSR count). The lowest BCUT2D eigenvalue weighted by Crippen LogP contribution is -2.21. The molecule has 0 spiro atoms. The Kier molecular flexibility index (Phi) is 7.40. The van der Waals surface area contributed by atoms with Crippen molar-refractivity contribution < 1.29 is 9.18 Å². The predicted octanol–water partition coefficient (Wildman–Crippen LogP) is 5.38. The summed E-state index contributed by atoms with van der Waals surface area (Å²) in [5, 5.41) is 7.32. The quantitative estimate of drug-likeness (QED) is 0.370. The minimum Gasteiger partial charge on any atom is -0.372 e. The predicted molar refractivity (Wildman–Crippen MR) is 122 cm³/mol. The van der Waals surface area contributed by atoms with Gasteiger partial charge in [0, 0.05) is 24.5 Å². The molecule has 29 heavy (non-hydrogen) atoms. The highest BCUT2D eigenvalue weighted by molar-refractivity contribution is 8.01. The molecule has 0 aliphatic heterocycles. The number of carbonyl (C=O) groups excluding carboxylic acids is 1. The van der Waals surface area contributed by atoms with Gasteiger partial charge in [0.2, 0.25) is 5.91 Å². The third-order valence-electron chi connectivity index (χ3n) is 4.21. The second kappa shape index (κ2) is 10.00. The lowest BCUT2D eigenvalue weighted by Gasteiger charge is -2.21. The van der Waals surface area contributed by atoms with Gasteiger partial charge in [0.15, 0.2) is 8.29 Å². The maximum atomic E-state index is 13.1. The molecule has 0 unspecified atom stereocenters. The topological polar surface area (TPSA) is 50.2 Å². The van der Waals surface area contributed by atoms with Crippen LogP contribution in [0.1, 0.15) is 13.8 Å². The molecule has 0 saturated carbocycles. The zero-order valence-electron chi connectivity index (χ0n) is 16.1. The fourth-order valence-corrected chi connectivity index (χ4v) is 4.89. The molecule has 0 aliphatic carbocycles. The van der Waals surface area contributed by atoms with Crippen molar-refractivity contribution in [3.63, 3.8) is 0 Å². The Morgan fingerprint density at radius 1 is 1.17 bits per heavy atom. The van der Waals surface area contributed by atoms with Crippen LogP contribution in [0.3, 0.4) is 0 Å². The van der Waals surface area contributed by atoms with Crippen molar-refractivity contribution in [3.8, 4) is 5.69 Å². The summed E-state index contributed by atoms with van der Waals surface area (Å²) in [6, 6.07) is 13.8. The third kappa shape index (κ3) is 5.65. The van der Waals surface area contributed by atoms with Crippen LogP contribution in [0, 0.1) is 9.77 Å². The number of carbonyl (C=O) groups is 1. The summed E-state index contributed by atoms with van der Waals surface area (Å²) >= 11 is 7.98. The van der Waals surface area contributed by atoms with Crippen LogP contribution in [-0.4, -0.2) is 34.5 Å². The molecule has 1 aromatic heterocycles. The standard InChI is InChI=1S/C20H21FN4OS3/c1-3-24(4-2)16-11-7-15(8-12-16)22-18(26)13-28-19-23-25(20(27)29-19)17-9-5-14(21)6-10-17/h5-12H,3-4,13H2,1-2H3,(H,22,26). The number of hydrogen-bond donors (Lipinski definition) is 1. The van der Waals surface area contributed by atoms with Gasteiger partial charge in [-0.25, -0.2) is 9.07 Å². The van der Waals surface area contributed by atoms with Crippen LogP contribution in [0.5, 0.6) is 0 Å². The molecular weight excluding hydrogens is 427 g/mol. The first-order valence-corrected chi connectivity index (χ1v) is 11.3. The Morgan fingerprint density at radius 3 is 2.45 bits per heavy atom. The molecule has 1 N–H and O–H groups in total. The van der Waals surface area contributed by atoms with Gasteiger partial charge in [0.1, 0.15) is 5.82 Å². The lowest BCUT2D eigenvalue weighted by molar-refractivity contribution is -0.113. The first-order valence-electron chi connectivity index (χ1n) is 9.14. The number of rotatable bonds is 8. The Morgan fingerprint density at radius 2 is 1.83 bits per heavy atom. The summed E-state index contributed by atoms with van der Waals surface area (Å²) in [7, 11) is 0. The van der Waals surface area contributed by atoms with E-state index < -0.39 is 0 Å². The van der Waals surface area contributed by atoms with Crippen LogP contribution < -0.4 is 10.2 Å². The van der Waals surface area contributed by atoms with E-state index in [2.05, 4.69) is 29.2 Å². The molecular formula is C20H21FN4OS3. The maximum absolute atomic E-state index is 13.1. The highest BCUT2D eigenvalue weighted by Crippen LogP contribution is 2.25. The summed E-state index contributed by atoms with van der Waals surface area (Å²) in [6.45, 7) is 6.11. The molecule has 5 nitrogen and oxygen atoms in total. The van der Waals surface area contributed by atoms with E-state index >= 15 is 0 Å². The van der Waals surface area contributed by atoms with Gasteiger partial charge in [0.05, 0.1) is 11.4 Å². The number of benzene rings is 2. The zero-order chi connectivity index (χ0) is 20.8. The summed E-state index contributed by atoms with van der Waals surface area (Å²) in [6.07, 6.45) is 0. The van der Waals surface area contributed by atoms with Gasteiger partial charge < -0.3 is 10.2 Å². The zero-order valence-corrected chi connectivity index (χ0v) is 18.5. The second-order valence-electron chi connectivity index (χ2n) is 6.08. The Balaban J connectivity index is 1.58. The van der Waals surface area contributed by atoms with Gasteiger partial charge in [-0.1, -0.05) is 23.1 Å². The average Bonchev–Trinajstić information content (AvgIpc) is 3.10. The number of hydrogen-bond acceptors (Lipinski definition) is 6. The van der Waals surface area contributed by atoms with Gasteiger partial charge >= 0.3 is 0 Å². The number of nitrogens with one attached hydrogen (secondary N) is 1. The van der Waals surface area contributed by atoms with Crippen molar-refractivity contribution in [2.24, 2.45) is 0 Å². The van der Waals surface area contributed by atoms with E-state index in [0.29, 0.717) is 14.0 Å².